The predicted octanol–water partition coefficient (Wildman–Crippen LogP) is 3.39. The van der Waals surface area contributed by atoms with E-state index in [1.54, 1.807) is 7.11 Å². The average molecular weight is 418 g/mol. The molecule has 2 aromatic rings. The van der Waals surface area contributed by atoms with Crippen LogP contribution in [0.2, 0.25) is 0 Å². The quantitative estimate of drug-likeness (QED) is 0.747. The Balaban J connectivity index is 1.48. The van der Waals surface area contributed by atoms with Crippen molar-refractivity contribution in [1.29, 1.82) is 0 Å². The first-order chi connectivity index (χ1) is 10.2. The van der Waals surface area contributed by atoms with Crippen molar-refractivity contribution < 1.29 is 14.2 Å². The number of hydrogen-bond donors (Lipinski definition) is 0. The fraction of sp³-hybridized carbons (Fsp3) is 0.357. The summed E-state index contributed by atoms with van der Waals surface area (Å²) in [6.07, 6.45) is -0.00449. The molecule has 112 valence electrons. The molecular weight excluding hydrogens is 404 g/mol. The average Bonchev–Trinajstić information content (AvgIpc) is 3.00. The molecule has 5 nitrogen and oxygen atoms in total. The standard InChI is InChI=1S/C14H14Br2N2O3/c1-19-10-4-2-9(3-5-10)7-20-8-11-6-18-13(16)12(15)17-14(18)21-11/h2-5,11H,6-8H2,1H3. The van der Waals surface area contributed by atoms with Crippen LogP contribution in [0.4, 0.5) is 0 Å². The van der Waals surface area contributed by atoms with Gasteiger partial charge in [-0.2, -0.15) is 4.98 Å². The van der Waals surface area contributed by atoms with Crippen LogP contribution in [0.15, 0.2) is 33.5 Å². The van der Waals surface area contributed by atoms with Crippen LogP contribution < -0.4 is 9.47 Å². The van der Waals surface area contributed by atoms with Gasteiger partial charge >= 0.3 is 0 Å². The van der Waals surface area contributed by atoms with Gasteiger partial charge in [0.15, 0.2) is 0 Å². The molecule has 0 bridgehead atoms. The lowest BCUT2D eigenvalue weighted by Gasteiger charge is -2.10. The molecule has 1 aliphatic rings. The summed E-state index contributed by atoms with van der Waals surface area (Å²) in [5, 5.41) is 0. The Morgan fingerprint density at radius 3 is 2.76 bits per heavy atom. The van der Waals surface area contributed by atoms with E-state index in [0.29, 0.717) is 19.2 Å². The minimum Gasteiger partial charge on any atom is -0.497 e. The van der Waals surface area contributed by atoms with Gasteiger partial charge in [0, 0.05) is 0 Å². The Hall–Kier alpha value is -1.05. The van der Waals surface area contributed by atoms with Crippen LogP contribution >= 0.6 is 31.9 Å². The van der Waals surface area contributed by atoms with Crippen LogP contribution in [0.5, 0.6) is 11.8 Å². The Bertz CT molecular complexity index is 628. The zero-order valence-corrected chi connectivity index (χ0v) is 14.6. The van der Waals surface area contributed by atoms with Crippen LogP contribution in [0.25, 0.3) is 0 Å². The third-order valence-corrected chi connectivity index (χ3v) is 5.11. The lowest BCUT2D eigenvalue weighted by molar-refractivity contribution is 0.0484. The van der Waals surface area contributed by atoms with Crippen molar-refractivity contribution in [3.05, 3.63) is 39.0 Å². The van der Waals surface area contributed by atoms with Crippen LogP contribution in [-0.4, -0.2) is 29.4 Å². The molecule has 1 atom stereocenters. The summed E-state index contributed by atoms with van der Waals surface area (Å²) in [6.45, 7) is 1.81. The number of fused-ring (bicyclic) bond motifs is 1. The summed E-state index contributed by atoms with van der Waals surface area (Å²) >= 11 is 6.82. The third kappa shape index (κ3) is 3.25. The summed E-state index contributed by atoms with van der Waals surface area (Å²) in [5.74, 6) is 0.846. The van der Waals surface area contributed by atoms with E-state index in [2.05, 4.69) is 36.8 Å². The van der Waals surface area contributed by atoms with E-state index in [0.717, 1.165) is 27.1 Å². The van der Waals surface area contributed by atoms with E-state index in [-0.39, 0.29) is 6.10 Å². The molecule has 0 radical (unpaired) electrons. The number of aromatic nitrogens is 2. The molecule has 2 heterocycles. The fourth-order valence-corrected chi connectivity index (χ4v) is 2.89. The SMILES string of the molecule is COc1ccc(COCC2Cn3c(nc(Br)c3Br)O2)cc1. The summed E-state index contributed by atoms with van der Waals surface area (Å²) in [4.78, 5) is 4.27. The van der Waals surface area contributed by atoms with Crippen molar-refractivity contribution >= 4 is 31.9 Å². The first kappa shape index (κ1) is 14.9. The van der Waals surface area contributed by atoms with Gasteiger partial charge in [0.25, 0.3) is 6.01 Å². The molecule has 21 heavy (non-hydrogen) atoms. The van der Waals surface area contributed by atoms with Gasteiger partial charge in [-0.05, 0) is 49.6 Å². The summed E-state index contributed by atoms with van der Waals surface area (Å²) < 4.78 is 20.2. The molecule has 1 aliphatic heterocycles. The van der Waals surface area contributed by atoms with Gasteiger partial charge in [0.1, 0.15) is 21.1 Å². The molecule has 0 saturated carbocycles. The van der Waals surface area contributed by atoms with Crippen molar-refractivity contribution in [1.82, 2.24) is 9.55 Å². The van der Waals surface area contributed by atoms with Crippen molar-refractivity contribution in [2.75, 3.05) is 13.7 Å². The van der Waals surface area contributed by atoms with Crippen LogP contribution in [0, 0.1) is 0 Å². The number of halogens is 2. The smallest absolute Gasteiger partial charge is 0.298 e. The van der Waals surface area contributed by atoms with Crippen molar-refractivity contribution in [3.63, 3.8) is 0 Å². The van der Waals surface area contributed by atoms with Crippen molar-refractivity contribution in [2.45, 2.75) is 19.3 Å². The monoisotopic (exact) mass is 416 g/mol. The van der Waals surface area contributed by atoms with Gasteiger partial charge in [-0.15, -0.1) is 0 Å². The minimum atomic E-state index is -0.00449. The summed E-state index contributed by atoms with van der Waals surface area (Å²) in [5.41, 5.74) is 1.11. The first-order valence-electron chi connectivity index (χ1n) is 6.46. The highest BCUT2D eigenvalue weighted by molar-refractivity contribution is 9.13. The number of methoxy groups -OCH3 is 1. The molecule has 7 heteroatoms. The maximum atomic E-state index is 5.73. The van der Waals surface area contributed by atoms with Gasteiger partial charge in [0.2, 0.25) is 0 Å². The lowest BCUT2D eigenvalue weighted by Crippen LogP contribution is -2.21. The predicted molar refractivity (Wildman–Crippen MR) is 84.7 cm³/mol. The molecule has 0 N–H and O–H groups in total. The molecule has 0 aliphatic carbocycles. The second-order valence-electron chi connectivity index (χ2n) is 4.69. The molecule has 0 saturated heterocycles. The second kappa shape index (κ2) is 6.37. The highest BCUT2D eigenvalue weighted by Crippen LogP contribution is 2.32. The minimum absolute atomic E-state index is 0.00449. The van der Waals surface area contributed by atoms with E-state index in [1.807, 2.05) is 28.8 Å². The number of nitrogens with zero attached hydrogens (tertiary/aromatic N) is 2. The largest absolute Gasteiger partial charge is 0.497 e. The summed E-state index contributed by atoms with van der Waals surface area (Å²) in [7, 11) is 1.66. The third-order valence-electron chi connectivity index (χ3n) is 3.22. The lowest BCUT2D eigenvalue weighted by atomic mass is 10.2. The molecule has 0 fully saturated rings. The number of rotatable bonds is 5. The van der Waals surface area contributed by atoms with Gasteiger partial charge < -0.3 is 14.2 Å². The van der Waals surface area contributed by atoms with Crippen LogP contribution in [0.3, 0.4) is 0 Å². The van der Waals surface area contributed by atoms with Gasteiger partial charge in [-0.1, -0.05) is 12.1 Å². The zero-order valence-electron chi connectivity index (χ0n) is 11.4. The highest BCUT2D eigenvalue weighted by Gasteiger charge is 2.27. The Morgan fingerprint density at radius 2 is 2.10 bits per heavy atom. The van der Waals surface area contributed by atoms with Gasteiger partial charge in [-0.3, -0.25) is 4.57 Å². The first-order valence-corrected chi connectivity index (χ1v) is 8.05. The number of hydrogen-bond acceptors (Lipinski definition) is 4. The molecule has 1 aromatic heterocycles. The van der Waals surface area contributed by atoms with E-state index in [1.165, 1.54) is 0 Å². The number of benzene rings is 1. The van der Waals surface area contributed by atoms with Crippen molar-refractivity contribution in [2.24, 2.45) is 0 Å². The fourth-order valence-electron chi connectivity index (χ4n) is 2.14. The van der Waals surface area contributed by atoms with Gasteiger partial charge in [0.05, 0.1) is 26.9 Å². The molecule has 0 spiro atoms. The van der Waals surface area contributed by atoms with E-state index >= 15 is 0 Å². The van der Waals surface area contributed by atoms with E-state index in [4.69, 9.17) is 14.2 Å². The maximum Gasteiger partial charge on any atom is 0.298 e. The topological polar surface area (TPSA) is 45.5 Å². The number of imidazole rings is 1. The van der Waals surface area contributed by atoms with E-state index in [9.17, 15) is 0 Å². The molecule has 0 amide bonds. The molecular formula is C14H14Br2N2O3. The van der Waals surface area contributed by atoms with Gasteiger partial charge in [-0.25, -0.2) is 0 Å². The normalized spacial score (nSPS) is 16.6. The Labute approximate surface area is 139 Å². The van der Waals surface area contributed by atoms with Crippen LogP contribution in [-0.2, 0) is 17.9 Å². The van der Waals surface area contributed by atoms with Crippen molar-refractivity contribution in [3.8, 4) is 11.8 Å². The van der Waals surface area contributed by atoms with E-state index < -0.39 is 0 Å². The molecule has 1 aromatic carbocycles. The number of ether oxygens (including phenoxy) is 3. The second-order valence-corrected chi connectivity index (χ2v) is 6.19. The van der Waals surface area contributed by atoms with Crippen LogP contribution in [0.1, 0.15) is 5.56 Å². The summed E-state index contributed by atoms with van der Waals surface area (Å²) in [6, 6.07) is 8.45. The Kier molecular flexibility index (Phi) is 4.51. The zero-order chi connectivity index (χ0) is 14.8. The maximum absolute atomic E-state index is 5.73. The molecule has 3 rings (SSSR count). The molecule has 1 unspecified atom stereocenters. The Morgan fingerprint density at radius 1 is 1.33 bits per heavy atom. The highest BCUT2D eigenvalue weighted by atomic mass is 79.9.